The van der Waals surface area contributed by atoms with Gasteiger partial charge in [-0.1, -0.05) is 23.9 Å². The topological polar surface area (TPSA) is 43.4 Å². The van der Waals surface area contributed by atoms with Crippen LogP contribution in [-0.4, -0.2) is 23.4 Å². The number of halogens is 1. The summed E-state index contributed by atoms with van der Waals surface area (Å²) in [5, 5.41) is -0.467. The third kappa shape index (κ3) is 3.66. The van der Waals surface area contributed by atoms with Crippen LogP contribution >= 0.6 is 11.8 Å². The third-order valence-electron chi connectivity index (χ3n) is 1.72. The maximum absolute atomic E-state index is 13.2. The number of ether oxygens (including phenoxy) is 1. The maximum atomic E-state index is 13.2. The Balaban J connectivity index is 2.54. The average Bonchev–Trinajstić information content (AvgIpc) is 2.27. The predicted molar refractivity (Wildman–Crippen MR) is 59.8 cm³/mol. The number of carbonyl (C=O) groups is 2. The van der Waals surface area contributed by atoms with Crippen LogP contribution in [0.4, 0.5) is 4.39 Å². The highest BCUT2D eigenvalue weighted by Gasteiger charge is 2.13. The van der Waals surface area contributed by atoms with Gasteiger partial charge >= 0.3 is 5.97 Å². The normalized spacial score (nSPS) is 9.88. The van der Waals surface area contributed by atoms with Crippen molar-refractivity contribution in [3.8, 4) is 0 Å². The molecule has 0 saturated heterocycles. The fraction of sp³-hybridized carbons (Fsp3) is 0.273. The van der Waals surface area contributed by atoms with Gasteiger partial charge < -0.3 is 4.74 Å². The smallest absolute Gasteiger partial charge is 0.316 e. The summed E-state index contributed by atoms with van der Waals surface area (Å²) < 4.78 is 17.8. The molecule has 0 radical (unpaired) electrons. The molecule has 0 fully saturated rings. The number of carbonyl (C=O) groups excluding carboxylic acids is 2. The molecule has 1 rings (SSSR count). The second-order valence-corrected chi connectivity index (χ2v) is 3.81. The van der Waals surface area contributed by atoms with Crippen LogP contribution in [0.5, 0.6) is 0 Å². The zero-order valence-corrected chi connectivity index (χ0v) is 9.55. The van der Waals surface area contributed by atoms with E-state index < -0.39 is 16.9 Å². The number of benzene rings is 1. The first-order valence-corrected chi connectivity index (χ1v) is 5.71. The van der Waals surface area contributed by atoms with Gasteiger partial charge in [0.1, 0.15) is 5.82 Å². The summed E-state index contributed by atoms with van der Waals surface area (Å²) in [6.45, 7) is 1.95. The Kier molecular flexibility index (Phi) is 4.98. The average molecular weight is 242 g/mol. The molecule has 0 aliphatic rings. The van der Waals surface area contributed by atoms with Gasteiger partial charge in [-0.25, -0.2) is 4.39 Å². The molecule has 0 bridgehead atoms. The van der Waals surface area contributed by atoms with E-state index in [1.165, 1.54) is 18.2 Å². The van der Waals surface area contributed by atoms with E-state index in [1.807, 2.05) is 0 Å². The number of thioether (sulfide) groups is 1. The minimum absolute atomic E-state index is 0.0169. The van der Waals surface area contributed by atoms with Crippen LogP contribution in [0.15, 0.2) is 24.3 Å². The molecule has 0 heterocycles. The Labute approximate surface area is 97.0 Å². The van der Waals surface area contributed by atoms with Crippen LogP contribution in [0.1, 0.15) is 17.3 Å². The van der Waals surface area contributed by atoms with Gasteiger partial charge in [-0.15, -0.1) is 0 Å². The monoisotopic (exact) mass is 242 g/mol. The second kappa shape index (κ2) is 6.27. The number of rotatable bonds is 4. The molecule has 0 saturated carbocycles. The Morgan fingerprint density at radius 1 is 1.38 bits per heavy atom. The lowest BCUT2D eigenvalue weighted by atomic mass is 10.2. The van der Waals surface area contributed by atoms with E-state index in [0.29, 0.717) is 0 Å². The SMILES string of the molecule is CCOC(=O)CSC(=O)c1ccccc1F. The quantitative estimate of drug-likeness (QED) is 0.760. The molecule has 0 unspecified atom stereocenters. The van der Waals surface area contributed by atoms with Crippen molar-refractivity contribution in [2.45, 2.75) is 6.92 Å². The molecule has 0 atom stereocenters. The summed E-state index contributed by atoms with van der Waals surface area (Å²) in [6.07, 6.45) is 0. The number of esters is 1. The molecule has 0 spiro atoms. The highest BCUT2D eigenvalue weighted by atomic mass is 32.2. The van der Waals surface area contributed by atoms with Crippen molar-refractivity contribution in [2.24, 2.45) is 0 Å². The first kappa shape index (κ1) is 12.7. The molecule has 1 aromatic carbocycles. The molecule has 5 heteroatoms. The molecule has 0 amide bonds. The Morgan fingerprint density at radius 2 is 2.06 bits per heavy atom. The lowest BCUT2D eigenvalue weighted by Crippen LogP contribution is -2.09. The standard InChI is InChI=1S/C11H11FO3S/c1-2-15-10(13)7-16-11(14)8-5-3-4-6-9(8)12/h3-6H,2,7H2,1H3. The van der Waals surface area contributed by atoms with E-state index in [0.717, 1.165) is 11.8 Å². The van der Waals surface area contributed by atoms with Crippen molar-refractivity contribution in [1.29, 1.82) is 0 Å². The van der Waals surface area contributed by atoms with Crippen LogP contribution in [0.2, 0.25) is 0 Å². The highest BCUT2D eigenvalue weighted by molar-refractivity contribution is 8.14. The summed E-state index contributed by atoms with van der Waals surface area (Å²) in [6, 6.07) is 5.66. The third-order valence-corrected chi connectivity index (χ3v) is 2.58. The highest BCUT2D eigenvalue weighted by Crippen LogP contribution is 2.15. The summed E-state index contributed by atoms with van der Waals surface area (Å²) in [7, 11) is 0. The molecule has 16 heavy (non-hydrogen) atoms. The molecular weight excluding hydrogens is 231 g/mol. The molecule has 0 N–H and O–H groups in total. The van der Waals surface area contributed by atoms with Crippen LogP contribution in [0.3, 0.4) is 0 Å². The second-order valence-electron chi connectivity index (χ2n) is 2.86. The minimum atomic E-state index is -0.580. The van der Waals surface area contributed by atoms with Crippen LogP contribution in [0, 0.1) is 5.82 Å². The predicted octanol–water partition coefficient (Wildman–Crippen LogP) is 2.26. The van der Waals surface area contributed by atoms with E-state index in [9.17, 15) is 14.0 Å². The molecule has 0 aliphatic carbocycles. The number of hydrogen-bond donors (Lipinski definition) is 0. The largest absolute Gasteiger partial charge is 0.465 e. The Hall–Kier alpha value is -1.36. The summed E-state index contributed by atoms with van der Waals surface area (Å²) in [5.41, 5.74) is -0.0169. The maximum Gasteiger partial charge on any atom is 0.316 e. The van der Waals surface area contributed by atoms with Crippen molar-refractivity contribution < 1.29 is 18.7 Å². The molecule has 0 aliphatic heterocycles. The van der Waals surface area contributed by atoms with Crippen molar-refractivity contribution in [2.75, 3.05) is 12.4 Å². The van der Waals surface area contributed by atoms with Gasteiger partial charge in [0.25, 0.3) is 0 Å². The van der Waals surface area contributed by atoms with Gasteiger partial charge in [-0.05, 0) is 19.1 Å². The molecule has 86 valence electrons. The van der Waals surface area contributed by atoms with Gasteiger partial charge in [0.05, 0.1) is 17.9 Å². The van der Waals surface area contributed by atoms with E-state index in [2.05, 4.69) is 4.74 Å². The van der Waals surface area contributed by atoms with Crippen LogP contribution in [0.25, 0.3) is 0 Å². The van der Waals surface area contributed by atoms with Crippen LogP contribution < -0.4 is 0 Å². The first-order chi connectivity index (χ1) is 7.65. The van der Waals surface area contributed by atoms with E-state index in [1.54, 1.807) is 13.0 Å². The van der Waals surface area contributed by atoms with E-state index in [-0.39, 0.29) is 17.9 Å². The zero-order chi connectivity index (χ0) is 12.0. The van der Waals surface area contributed by atoms with Gasteiger partial charge in [-0.3, -0.25) is 9.59 Å². The molecule has 0 aromatic heterocycles. The summed E-state index contributed by atoms with van der Waals surface area (Å²) >= 11 is 0.738. The van der Waals surface area contributed by atoms with Crippen molar-refractivity contribution in [3.05, 3.63) is 35.6 Å². The van der Waals surface area contributed by atoms with E-state index in [4.69, 9.17) is 0 Å². The van der Waals surface area contributed by atoms with Gasteiger partial charge in [0, 0.05) is 0 Å². The number of hydrogen-bond acceptors (Lipinski definition) is 4. The van der Waals surface area contributed by atoms with Gasteiger partial charge in [0.15, 0.2) is 0 Å². The van der Waals surface area contributed by atoms with Crippen LogP contribution in [-0.2, 0) is 9.53 Å². The summed E-state index contributed by atoms with van der Waals surface area (Å²) in [4.78, 5) is 22.5. The van der Waals surface area contributed by atoms with Gasteiger partial charge in [-0.2, -0.15) is 0 Å². The van der Waals surface area contributed by atoms with Crippen molar-refractivity contribution in [3.63, 3.8) is 0 Å². The Bertz CT molecular complexity index is 393. The summed E-state index contributed by atoms with van der Waals surface area (Å²) in [5.74, 6) is -1.15. The fourth-order valence-electron chi connectivity index (χ4n) is 1.03. The molecule has 1 aromatic rings. The molecular formula is C11H11FO3S. The zero-order valence-electron chi connectivity index (χ0n) is 8.73. The fourth-order valence-corrected chi connectivity index (χ4v) is 1.68. The first-order valence-electron chi connectivity index (χ1n) is 4.72. The Morgan fingerprint density at radius 3 is 2.69 bits per heavy atom. The lowest BCUT2D eigenvalue weighted by molar-refractivity contribution is -0.139. The van der Waals surface area contributed by atoms with E-state index >= 15 is 0 Å². The van der Waals surface area contributed by atoms with Crippen molar-refractivity contribution in [1.82, 2.24) is 0 Å². The van der Waals surface area contributed by atoms with Crippen molar-refractivity contribution >= 4 is 22.8 Å². The lowest BCUT2D eigenvalue weighted by Gasteiger charge is -2.02. The van der Waals surface area contributed by atoms with Gasteiger partial charge in [0.2, 0.25) is 5.12 Å². The minimum Gasteiger partial charge on any atom is -0.465 e. The molecule has 3 nitrogen and oxygen atoms in total.